The summed E-state index contributed by atoms with van der Waals surface area (Å²) in [6.07, 6.45) is 6.17. The van der Waals surface area contributed by atoms with Crippen molar-refractivity contribution >= 4 is 22.8 Å². The van der Waals surface area contributed by atoms with E-state index in [1.54, 1.807) is 13.3 Å². The van der Waals surface area contributed by atoms with Gasteiger partial charge in [-0.25, -0.2) is 9.97 Å². The standard InChI is InChI=1S/C18H26N6O/c1-12-10-24(18-16(12)17(19-3)20-11-21-18)15-8-14(9-15)23-6-4-22(5-7-23)13(2)25/h10-11,14-15H,4-9H2,1-3H3,(H,19,20,21). The van der Waals surface area contributed by atoms with Gasteiger partial charge in [0.25, 0.3) is 0 Å². The number of aryl methyl sites for hydroxylation is 1. The molecule has 134 valence electrons. The molecule has 2 aromatic rings. The number of nitrogens with one attached hydrogen (secondary N) is 1. The highest BCUT2D eigenvalue weighted by atomic mass is 16.2. The quantitative estimate of drug-likeness (QED) is 0.919. The second-order valence-corrected chi connectivity index (χ2v) is 7.21. The van der Waals surface area contributed by atoms with E-state index in [2.05, 4.69) is 37.9 Å². The van der Waals surface area contributed by atoms with E-state index in [9.17, 15) is 4.79 Å². The van der Waals surface area contributed by atoms with E-state index >= 15 is 0 Å². The van der Waals surface area contributed by atoms with Crippen LogP contribution in [0.4, 0.5) is 5.82 Å². The summed E-state index contributed by atoms with van der Waals surface area (Å²) in [5.41, 5.74) is 2.25. The lowest BCUT2D eigenvalue weighted by Gasteiger charge is -2.46. The summed E-state index contributed by atoms with van der Waals surface area (Å²) in [6, 6.07) is 1.13. The lowest BCUT2D eigenvalue weighted by molar-refractivity contribution is -0.131. The first-order valence-corrected chi connectivity index (χ1v) is 9.08. The molecule has 2 aromatic heterocycles. The molecule has 1 aliphatic heterocycles. The summed E-state index contributed by atoms with van der Waals surface area (Å²) >= 11 is 0. The molecule has 2 aliphatic rings. The van der Waals surface area contributed by atoms with Crippen LogP contribution < -0.4 is 5.32 Å². The summed E-state index contributed by atoms with van der Waals surface area (Å²) in [5, 5.41) is 4.30. The van der Waals surface area contributed by atoms with Crippen LogP contribution in [0, 0.1) is 6.92 Å². The molecule has 1 saturated carbocycles. The molecule has 0 radical (unpaired) electrons. The van der Waals surface area contributed by atoms with Crippen LogP contribution in [0.2, 0.25) is 0 Å². The summed E-state index contributed by atoms with van der Waals surface area (Å²) < 4.78 is 2.33. The molecule has 1 aliphatic carbocycles. The monoisotopic (exact) mass is 342 g/mol. The van der Waals surface area contributed by atoms with E-state index in [0.29, 0.717) is 12.1 Å². The van der Waals surface area contributed by atoms with Gasteiger partial charge in [0.05, 0.1) is 5.39 Å². The maximum atomic E-state index is 11.5. The zero-order chi connectivity index (χ0) is 17.6. The van der Waals surface area contributed by atoms with Crippen LogP contribution in [0.1, 0.15) is 31.4 Å². The summed E-state index contributed by atoms with van der Waals surface area (Å²) in [6.45, 7) is 7.50. The van der Waals surface area contributed by atoms with E-state index in [1.165, 1.54) is 5.56 Å². The molecular weight excluding hydrogens is 316 g/mol. The van der Waals surface area contributed by atoms with E-state index in [4.69, 9.17) is 0 Å². The molecule has 25 heavy (non-hydrogen) atoms. The van der Waals surface area contributed by atoms with Crippen molar-refractivity contribution < 1.29 is 4.79 Å². The Bertz CT molecular complexity index is 786. The fourth-order valence-corrected chi connectivity index (χ4v) is 4.22. The van der Waals surface area contributed by atoms with Gasteiger partial charge in [0.1, 0.15) is 17.8 Å². The first kappa shape index (κ1) is 16.3. The minimum absolute atomic E-state index is 0.195. The predicted octanol–water partition coefficient (Wildman–Crippen LogP) is 1.65. The average Bonchev–Trinajstić information content (AvgIpc) is 2.91. The topological polar surface area (TPSA) is 66.3 Å². The number of aromatic nitrogens is 3. The van der Waals surface area contributed by atoms with Crippen LogP contribution in [0.5, 0.6) is 0 Å². The summed E-state index contributed by atoms with van der Waals surface area (Å²) in [5.74, 6) is 1.10. The Labute approximate surface area is 148 Å². The van der Waals surface area contributed by atoms with Gasteiger partial charge in [-0.05, 0) is 25.3 Å². The van der Waals surface area contributed by atoms with Crippen molar-refractivity contribution in [2.75, 3.05) is 38.5 Å². The van der Waals surface area contributed by atoms with Gasteiger partial charge < -0.3 is 14.8 Å². The Morgan fingerprint density at radius 2 is 1.88 bits per heavy atom. The molecule has 0 bridgehead atoms. The van der Waals surface area contributed by atoms with Crippen LogP contribution in [0.15, 0.2) is 12.5 Å². The molecule has 0 aromatic carbocycles. The molecule has 3 heterocycles. The van der Waals surface area contributed by atoms with Crippen molar-refractivity contribution in [1.82, 2.24) is 24.3 Å². The molecule has 0 atom stereocenters. The maximum absolute atomic E-state index is 11.5. The van der Waals surface area contributed by atoms with Gasteiger partial charge in [0.2, 0.25) is 5.91 Å². The van der Waals surface area contributed by atoms with Crippen molar-refractivity contribution in [3.63, 3.8) is 0 Å². The Morgan fingerprint density at radius 1 is 1.16 bits per heavy atom. The number of fused-ring (bicyclic) bond motifs is 1. The number of carbonyl (C=O) groups excluding carboxylic acids is 1. The predicted molar refractivity (Wildman–Crippen MR) is 97.7 cm³/mol. The van der Waals surface area contributed by atoms with Crippen molar-refractivity contribution in [3.05, 3.63) is 18.1 Å². The van der Waals surface area contributed by atoms with Crippen molar-refractivity contribution in [1.29, 1.82) is 0 Å². The molecule has 1 N–H and O–H groups in total. The fraction of sp³-hybridized carbons (Fsp3) is 0.611. The van der Waals surface area contributed by atoms with Gasteiger partial charge >= 0.3 is 0 Å². The van der Waals surface area contributed by atoms with Gasteiger partial charge in [0, 0.05) is 58.4 Å². The number of amides is 1. The average molecular weight is 342 g/mol. The Hall–Kier alpha value is -2.15. The third-order valence-corrected chi connectivity index (χ3v) is 5.79. The molecule has 0 spiro atoms. The number of piperazine rings is 1. The Kier molecular flexibility index (Phi) is 4.11. The van der Waals surface area contributed by atoms with E-state index < -0.39 is 0 Å². The zero-order valence-corrected chi connectivity index (χ0v) is 15.2. The van der Waals surface area contributed by atoms with Gasteiger partial charge in [-0.2, -0.15) is 0 Å². The fourth-order valence-electron chi connectivity index (χ4n) is 4.22. The number of carbonyl (C=O) groups is 1. The van der Waals surface area contributed by atoms with Crippen molar-refractivity contribution in [2.24, 2.45) is 0 Å². The number of rotatable bonds is 3. The second kappa shape index (κ2) is 6.29. The smallest absolute Gasteiger partial charge is 0.219 e. The normalized spacial score (nSPS) is 24.4. The van der Waals surface area contributed by atoms with Crippen molar-refractivity contribution in [2.45, 2.75) is 38.8 Å². The first-order chi connectivity index (χ1) is 12.1. The zero-order valence-electron chi connectivity index (χ0n) is 15.2. The van der Waals surface area contributed by atoms with Gasteiger partial charge in [0.15, 0.2) is 0 Å². The van der Waals surface area contributed by atoms with Crippen LogP contribution in [-0.4, -0.2) is 69.5 Å². The minimum atomic E-state index is 0.195. The highest BCUT2D eigenvalue weighted by Crippen LogP contribution is 2.39. The third kappa shape index (κ3) is 2.76. The third-order valence-electron chi connectivity index (χ3n) is 5.79. The molecule has 0 unspecified atom stereocenters. The molecule has 7 nitrogen and oxygen atoms in total. The molecule has 4 rings (SSSR count). The van der Waals surface area contributed by atoms with E-state index in [0.717, 1.165) is 55.9 Å². The number of hydrogen-bond donors (Lipinski definition) is 1. The number of hydrogen-bond acceptors (Lipinski definition) is 5. The largest absolute Gasteiger partial charge is 0.372 e. The van der Waals surface area contributed by atoms with Gasteiger partial charge in [-0.1, -0.05) is 0 Å². The Balaban J connectivity index is 1.45. The number of anilines is 1. The van der Waals surface area contributed by atoms with Gasteiger partial charge in [-0.3, -0.25) is 9.69 Å². The maximum Gasteiger partial charge on any atom is 0.219 e. The molecule has 1 amide bonds. The molecule has 2 fully saturated rings. The highest BCUT2D eigenvalue weighted by molar-refractivity contribution is 5.90. The van der Waals surface area contributed by atoms with Crippen LogP contribution in [-0.2, 0) is 4.79 Å². The van der Waals surface area contributed by atoms with E-state index in [-0.39, 0.29) is 5.91 Å². The summed E-state index contributed by atoms with van der Waals surface area (Å²) in [4.78, 5) is 24.8. The lowest BCUT2D eigenvalue weighted by Crippen LogP contribution is -2.54. The molecule has 7 heteroatoms. The molecular formula is C18H26N6O. The van der Waals surface area contributed by atoms with E-state index in [1.807, 2.05) is 11.9 Å². The highest BCUT2D eigenvalue weighted by Gasteiger charge is 2.37. The second-order valence-electron chi connectivity index (χ2n) is 7.21. The Morgan fingerprint density at radius 3 is 2.52 bits per heavy atom. The lowest BCUT2D eigenvalue weighted by atomic mass is 9.85. The van der Waals surface area contributed by atoms with Gasteiger partial charge in [-0.15, -0.1) is 0 Å². The van der Waals surface area contributed by atoms with Crippen LogP contribution >= 0.6 is 0 Å². The van der Waals surface area contributed by atoms with Crippen LogP contribution in [0.3, 0.4) is 0 Å². The van der Waals surface area contributed by atoms with Crippen LogP contribution in [0.25, 0.3) is 11.0 Å². The number of nitrogens with zero attached hydrogens (tertiary/aromatic N) is 5. The SMILES string of the molecule is CNc1ncnc2c1c(C)cn2C1CC(N2CCN(C(C)=O)CC2)C1. The van der Waals surface area contributed by atoms with Crippen molar-refractivity contribution in [3.8, 4) is 0 Å². The summed E-state index contributed by atoms with van der Waals surface area (Å²) in [7, 11) is 1.90. The first-order valence-electron chi connectivity index (χ1n) is 9.08. The molecule has 1 saturated heterocycles. The minimum Gasteiger partial charge on any atom is -0.372 e.